The van der Waals surface area contributed by atoms with Crippen molar-refractivity contribution in [2.24, 2.45) is 0 Å². The number of nitrogens with zero attached hydrogens (tertiary/aromatic N) is 1. The van der Waals surface area contributed by atoms with Crippen LogP contribution in [0.4, 0.5) is 11.4 Å². The molecule has 0 saturated carbocycles. The normalized spacial score (nSPS) is 13.0. The third-order valence-electron chi connectivity index (χ3n) is 3.22. The van der Waals surface area contributed by atoms with Gasteiger partial charge in [-0.2, -0.15) is 0 Å². The average molecular weight is 322 g/mol. The Kier molecular flexibility index (Phi) is 4.49. The molecule has 4 heteroatoms. The van der Waals surface area contributed by atoms with E-state index < -0.39 is 0 Å². The number of rotatable bonds is 4. The van der Waals surface area contributed by atoms with Crippen LogP contribution in [0.15, 0.2) is 57.2 Å². The summed E-state index contributed by atoms with van der Waals surface area (Å²) >= 11 is 9.74. The van der Waals surface area contributed by atoms with Gasteiger partial charge in [0.1, 0.15) is 0 Å². The number of alkyl halides is 1. The van der Waals surface area contributed by atoms with Gasteiger partial charge in [0.25, 0.3) is 0 Å². The first-order valence-corrected chi connectivity index (χ1v) is 9.04. The minimum absolute atomic E-state index is 0.629. The highest BCUT2D eigenvalue weighted by Gasteiger charge is 2.22. The SMILES string of the molecule is CCSc1ccc2c(c1)N(CCCl)c1ccccc1S2. The second-order valence-electron chi connectivity index (χ2n) is 4.47. The standard InChI is InChI=1S/C16H16ClNS2/c1-2-19-12-7-8-16-14(11-12)18(10-9-17)13-5-3-4-6-15(13)20-16/h3-8,11H,2,9-10H2,1H3. The Hall–Kier alpha value is -0.770. The van der Waals surface area contributed by atoms with E-state index in [4.69, 9.17) is 11.6 Å². The van der Waals surface area contributed by atoms with E-state index in [0.717, 1.165) is 12.3 Å². The first-order valence-electron chi connectivity index (χ1n) is 6.70. The fourth-order valence-electron chi connectivity index (χ4n) is 2.39. The zero-order valence-corrected chi connectivity index (χ0v) is 13.7. The molecule has 0 atom stereocenters. The lowest BCUT2D eigenvalue weighted by molar-refractivity contribution is 0.979. The number of hydrogen-bond donors (Lipinski definition) is 0. The zero-order chi connectivity index (χ0) is 13.9. The number of halogens is 1. The summed E-state index contributed by atoms with van der Waals surface area (Å²) in [6.45, 7) is 3.02. The number of anilines is 2. The van der Waals surface area contributed by atoms with Gasteiger partial charge >= 0.3 is 0 Å². The molecule has 1 aliphatic heterocycles. The van der Waals surface area contributed by atoms with Crippen molar-refractivity contribution in [3.8, 4) is 0 Å². The molecule has 0 radical (unpaired) electrons. The van der Waals surface area contributed by atoms with Crippen LogP contribution in [0.1, 0.15) is 6.92 Å². The second-order valence-corrected chi connectivity index (χ2v) is 7.27. The second kappa shape index (κ2) is 6.33. The molecular weight excluding hydrogens is 306 g/mol. The van der Waals surface area contributed by atoms with Crippen LogP contribution in [0.3, 0.4) is 0 Å². The molecule has 0 aliphatic carbocycles. The van der Waals surface area contributed by atoms with Gasteiger partial charge in [0.05, 0.1) is 11.4 Å². The third kappa shape index (κ3) is 2.67. The van der Waals surface area contributed by atoms with E-state index in [-0.39, 0.29) is 0 Å². The molecule has 0 spiro atoms. The fraction of sp³-hybridized carbons (Fsp3) is 0.250. The van der Waals surface area contributed by atoms with Crippen LogP contribution in [-0.2, 0) is 0 Å². The van der Waals surface area contributed by atoms with Crippen molar-refractivity contribution in [2.75, 3.05) is 23.1 Å². The van der Waals surface area contributed by atoms with Crippen molar-refractivity contribution in [1.82, 2.24) is 0 Å². The Morgan fingerprint density at radius 2 is 1.90 bits per heavy atom. The van der Waals surface area contributed by atoms with Crippen LogP contribution >= 0.6 is 35.1 Å². The Balaban J connectivity index is 2.06. The average Bonchev–Trinajstić information content (AvgIpc) is 2.48. The minimum Gasteiger partial charge on any atom is -0.338 e. The van der Waals surface area contributed by atoms with Crippen LogP contribution in [0.2, 0.25) is 0 Å². The van der Waals surface area contributed by atoms with Gasteiger partial charge in [-0.25, -0.2) is 0 Å². The predicted molar refractivity (Wildman–Crippen MR) is 91.1 cm³/mol. The number of benzene rings is 2. The first-order chi connectivity index (χ1) is 9.83. The van der Waals surface area contributed by atoms with Crippen molar-refractivity contribution < 1.29 is 0 Å². The van der Waals surface area contributed by atoms with Crippen molar-refractivity contribution in [3.05, 3.63) is 42.5 Å². The first kappa shape index (κ1) is 14.2. The van der Waals surface area contributed by atoms with Crippen molar-refractivity contribution >= 4 is 46.5 Å². The molecule has 2 aromatic rings. The molecular formula is C16H16ClNS2. The van der Waals surface area contributed by atoms with E-state index in [0.29, 0.717) is 5.88 Å². The summed E-state index contributed by atoms with van der Waals surface area (Å²) in [5.74, 6) is 1.72. The van der Waals surface area contributed by atoms with Gasteiger partial charge in [0.2, 0.25) is 0 Å². The lowest BCUT2D eigenvalue weighted by atomic mass is 10.2. The monoisotopic (exact) mass is 321 g/mol. The van der Waals surface area contributed by atoms with Crippen molar-refractivity contribution in [1.29, 1.82) is 0 Å². The lowest BCUT2D eigenvalue weighted by Crippen LogP contribution is -2.22. The summed E-state index contributed by atoms with van der Waals surface area (Å²) in [7, 11) is 0. The maximum absolute atomic E-state index is 6.02. The van der Waals surface area contributed by atoms with Gasteiger partial charge in [-0.05, 0) is 36.1 Å². The molecule has 0 fully saturated rings. The van der Waals surface area contributed by atoms with Crippen LogP contribution in [0.5, 0.6) is 0 Å². The number of para-hydroxylation sites is 1. The fourth-order valence-corrected chi connectivity index (χ4v) is 4.33. The van der Waals surface area contributed by atoms with Gasteiger partial charge < -0.3 is 4.90 Å². The molecule has 0 amide bonds. The largest absolute Gasteiger partial charge is 0.338 e. The van der Waals surface area contributed by atoms with Gasteiger partial charge in [-0.1, -0.05) is 30.8 Å². The Morgan fingerprint density at radius 3 is 2.70 bits per heavy atom. The number of hydrogen-bond acceptors (Lipinski definition) is 3. The van der Waals surface area contributed by atoms with Gasteiger partial charge in [-0.3, -0.25) is 0 Å². The molecule has 1 heterocycles. The highest BCUT2D eigenvalue weighted by molar-refractivity contribution is 8.00. The Labute approximate surface area is 133 Å². The van der Waals surface area contributed by atoms with E-state index >= 15 is 0 Å². The highest BCUT2D eigenvalue weighted by Crippen LogP contribution is 2.48. The molecule has 0 unspecified atom stereocenters. The Bertz CT molecular complexity index is 615. The molecule has 1 aliphatic rings. The molecule has 20 heavy (non-hydrogen) atoms. The van der Waals surface area contributed by atoms with E-state index in [1.165, 1.54) is 26.1 Å². The third-order valence-corrected chi connectivity index (χ3v) is 5.39. The highest BCUT2D eigenvalue weighted by atomic mass is 35.5. The van der Waals surface area contributed by atoms with Crippen LogP contribution in [0.25, 0.3) is 0 Å². The summed E-state index contributed by atoms with van der Waals surface area (Å²) in [5, 5.41) is 0. The van der Waals surface area contributed by atoms with Crippen molar-refractivity contribution in [2.45, 2.75) is 21.6 Å². The molecule has 104 valence electrons. The van der Waals surface area contributed by atoms with Crippen molar-refractivity contribution in [3.63, 3.8) is 0 Å². The number of thioether (sulfide) groups is 1. The van der Waals surface area contributed by atoms with E-state index in [1.54, 1.807) is 0 Å². The maximum Gasteiger partial charge on any atom is 0.0564 e. The molecule has 1 nitrogen and oxygen atoms in total. The van der Waals surface area contributed by atoms with Crippen LogP contribution in [0, 0.1) is 0 Å². The molecule has 0 bridgehead atoms. The van der Waals surface area contributed by atoms with E-state index in [9.17, 15) is 0 Å². The molecule has 0 N–H and O–H groups in total. The summed E-state index contributed by atoms with van der Waals surface area (Å²) in [4.78, 5) is 6.29. The quantitative estimate of drug-likeness (QED) is 0.530. The summed E-state index contributed by atoms with van der Waals surface area (Å²) in [6.07, 6.45) is 0. The summed E-state index contributed by atoms with van der Waals surface area (Å²) in [6, 6.07) is 15.3. The topological polar surface area (TPSA) is 3.24 Å². The van der Waals surface area contributed by atoms with Gasteiger partial charge in [0.15, 0.2) is 0 Å². The predicted octanol–water partition coefficient (Wildman–Crippen LogP) is 5.64. The van der Waals surface area contributed by atoms with Crippen LogP contribution < -0.4 is 4.90 Å². The summed E-state index contributed by atoms with van der Waals surface area (Å²) < 4.78 is 0. The van der Waals surface area contributed by atoms with Crippen LogP contribution in [-0.4, -0.2) is 18.2 Å². The van der Waals surface area contributed by atoms with E-state index in [1.807, 2.05) is 23.5 Å². The number of fused-ring (bicyclic) bond motifs is 2. The lowest BCUT2D eigenvalue weighted by Gasteiger charge is -2.32. The molecule has 2 aromatic carbocycles. The smallest absolute Gasteiger partial charge is 0.0564 e. The summed E-state index contributed by atoms with van der Waals surface area (Å²) in [5.41, 5.74) is 2.55. The molecule has 0 aromatic heterocycles. The molecule has 0 saturated heterocycles. The van der Waals surface area contributed by atoms with E-state index in [2.05, 4.69) is 54.3 Å². The van der Waals surface area contributed by atoms with Gasteiger partial charge in [0, 0.05) is 27.1 Å². The van der Waals surface area contributed by atoms with Gasteiger partial charge in [-0.15, -0.1) is 23.4 Å². The maximum atomic E-state index is 6.02. The minimum atomic E-state index is 0.629. The molecule has 3 rings (SSSR count). The Morgan fingerprint density at radius 1 is 1.10 bits per heavy atom. The zero-order valence-electron chi connectivity index (χ0n) is 11.3.